The highest BCUT2D eigenvalue weighted by Gasteiger charge is 2.27. The second-order valence-corrected chi connectivity index (χ2v) is 5.05. The lowest BCUT2D eigenvalue weighted by Crippen LogP contribution is -2.37. The number of rotatable bonds is 4. The molecule has 1 aliphatic heterocycles. The van der Waals surface area contributed by atoms with Crippen LogP contribution in [0.4, 0.5) is 0 Å². The Balaban J connectivity index is 1.86. The van der Waals surface area contributed by atoms with Crippen molar-refractivity contribution in [3.63, 3.8) is 0 Å². The summed E-state index contributed by atoms with van der Waals surface area (Å²) in [4.78, 5) is 13.9. The lowest BCUT2D eigenvalue weighted by Gasteiger charge is -2.23. The molecule has 3 heteroatoms. The highest BCUT2D eigenvalue weighted by Crippen LogP contribution is 2.18. The van der Waals surface area contributed by atoms with Crippen LogP contribution in [0.2, 0.25) is 0 Å². The summed E-state index contributed by atoms with van der Waals surface area (Å²) < 4.78 is 0. The summed E-state index contributed by atoms with van der Waals surface area (Å²) in [6.45, 7) is 2.96. The van der Waals surface area contributed by atoms with Gasteiger partial charge in [0.15, 0.2) is 0 Å². The van der Waals surface area contributed by atoms with Crippen molar-refractivity contribution in [1.29, 1.82) is 0 Å². The highest BCUT2D eigenvalue weighted by atomic mass is 16.3. The van der Waals surface area contributed by atoms with Crippen LogP contribution in [0, 0.1) is 6.92 Å². The van der Waals surface area contributed by atoms with Gasteiger partial charge in [0, 0.05) is 13.0 Å². The molecule has 18 heavy (non-hydrogen) atoms. The van der Waals surface area contributed by atoms with E-state index in [-0.39, 0.29) is 18.6 Å². The zero-order chi connectivity index (χ0) is 13.0. The van der Waals surface area contributed by atoms with Crippen molar-refractivity contribution >= 4 is 5.91 Å². The maximum absolute atomic E-state index is 12.1. The van der Waals surface area contributed by atoms with Crippen LogP contribution in [0.5, 0.6) is 0 Å². The van der Waals surface area contributed by atoms with E-state index in [4.69, 9.17) is 0 Å². The van der Waals surface area contributed by atoms with Crippen LogP contribution in [-0.4, -0.2) is 35.1 Å². The summed E-state index contributed by atoms with van der Waals surface area (Å²) >= 11 is 0. The molecular weight excluding hydrogens is 226 g/mol. The molecule has 0 aromatic heterocycles. The van der Waals surface area contributed by atoms with Crippen molar-refractivity contribution in [2.24, 2.45) is 0 Å². The van der Waals surface area contributed by atoms with Crippen LogP contribution in [0.25, 0.3) is 0 Å². The van der Waals surface area contributed by atoms with Gasteiger partial charge >= 0.3 is 0 Å². The van der Waals surface area contributed by atoms with Gasteiger partial charge in [0.25, 0.3) is 0 Å². The smallest absolute Gasteiger partial charge is 0.223 e. The third kappa shape index (κ3) is 3.10. The Kier molecular flexibility index (Phi) is 4.37. The molecule has 0 bridgehead atoms. The highest BCUT2D eigenvalue weighted by molar-refractivity contribution is 5.77. The summed E-state index contributed by atoms with van der Waals surface area (Å²) in [5, 5.41) is 9.21. The van der Waals surface area contributed by atoms with Crippen LogP contribution in [0.15, 0.2) is 24.3 Å². The van der Waals surface area contributed by atoms with Gasteiger partial charge < -0.3 is 10.0 Å². The Morgan fingerprint density at radius 1 is 1.39 bits per heavy atom. The van der Waals surface area contributed by atoms with Crippen molar-refractivity contribution in [3.8, 4) is 0 Å². The van der Waals surface area contributed by atoms with E-state index in [0.717, 1.165) is 25.8 Å². The van der Waals surface area contributed by atoms with Gasteiger partial charge in [-0.1, -0.05) is 29.8 Å². The summed E-state index contributed by atoms with van der Waals surface area (Å²) in [6, 6.07) is 8.36. The number of nitrogens with zero attached hydrogens (tertiary/aromatic N) is 1. The first-order valence-corrected chi connectivity index (χ1v) is 6.66. The summed E-state index contributed by atoms with van der Waals surface area (Å²) in [6.07, 6.45) is 3.28. The van der Waals surface area contributed by atoms with Gasteiger partial charge in [0.2, 0.25) is 5.91 Å². The lowest BCUT2D eigenvalue weighted by atomic mass is 10.1. The summed E-state index contributed by atoms with van der Waals surface area (Å²) in [7, 11) is 0. The fourth-order valence-corrected chi connectivity index (χ4v) is 2.50. The summed E-state index contributed by atoms with van der Waals surface area (Å²) in [5.74, 6) is 0.173. The topological polar surface area (TPSA) is 40.5 Å². The van der Waals surface area contributed by atoms with Crippen LogP contribution >= 0.6 is 0 Å². The van der Waals surface area contributed by atoms with E-state index in [1.807, 2.05) is 4.90 Å². The second kappa shape index (κ2) is 6.01. The number of amides is 1. The molecule has 2 rings (SSSR count). The molecule has 1 fully saturated rings. The van der Waals surface area contributed by atoms with Crippen molar-refractivity contribution in [3.05, 3.63) is 35.4 Å². The molecule has 0 aliphatic carbocycles. The van der Waals surface area contributed by atoms with Crippen LogP contribution < -0.4 is 0 Å². The number of aliphatic hydroxyl groups excluding tert-OH is 1. The van der Waals surface area contributed by atoms with E-state index in [1.165, 1.54) is 11.1 Å². The average molecular weight is 247 g/mol. The van der Waals surface area contributed by atoms with Gasteiger partial charge in [-0.05, 0) is 31.7 Å². The van der Waals surface area contributed by atoms with E-state index in [1.54, 1.807) is 0 Å². The number of likely N-dealkylation sites (tertiary alicyclic amines) is 1. The molecule has 0 radical (unpaired) electrons. The van der Waals surface area contributed by atoms with Gasteiger partial charge in [-0.3, -0.25) is 4.79 Å². The van der Waals surface area contributed by atoms with Crippen LogP contribution in [0.3, 0.4) is 0 Å². The number of hydrogen-bond donors (Lipinski definition) is 1. The van der Waals surface area contributed by atoms with E-state index >= 15 is 0 Å². The molecule has 1 aliphatic rings. The molecule has 1 N–H and O–H groups in total. The number of carbonyl (C=O) groups is 1. The van der Waals surface area contributed by atoms with E-state index in [0.29, 0.717) is 6.42 Å². The Bertz CT molecular complexity index is 399. The zero-order valence-corrected chi connectivity index (χ0v) is 10.9. The molecule has 1 saturated heterocycles. The van der Waals surface area contributed by atoms with Crippen molar-refractivity contribution < 1.29 is 9.90 Å². The second-order valence-electron chi connectivity index (χ2n) is 5.05. The molecule has 3 nitrogen and oxygen atoms in total. The van der Waals surface area contributed by atoms with E-state index in [2.05, 4.69) is 31.2 Å². The van der Waals surface area contributed by atoms with E-state index < -0.39 is 0 Å². The zero-order valence-electron chi connectivity index (χ0n) is 10.9. The minimum Gasteiger partial charge on any atom is -0.394 e. The minimum atomic E-state index is 0.0514. The van der Waals surface area contributed by atoms with Crippen molar-refractivity contribution in [1.82, 2.24) is 4.90 Å². The number of aliphatic hydroxyl groups is 1. The average Bonchev–Trinajstić information content (AvgIpc) is 2.86. The Morgan fingerprint density at radius 3 is 2.78 bits per heavy atom. The van der Waals surface area contributed by atoms with Crippen LogP contribution in [0.1, 0.15) is 30.4 Å². The number of hydrogen-bond acceptors (Lipinski definition) is 2. The maximum Gasteiger partial charge on any atom is 0.223 e. The Morgan fingerprint density at radius 2 is 2.11 bits per heavy atom. The molecular formula is C15H21NO2. The first kappa shape index (κ1) is 13.1. The lowest BCUT2D eigenvalue weighted by molar-refractivity contribution is -0.132. The van der Waals surface area contributed by atoms with E-state index in [9.17, 15) is 9.90 Å². The SMILES string of the molecule is Cc1ccc(CCC(=O)N2CCC[C@H]2CO)cc1. The normalized spacial score (nSPS) is 19.2. The van der Waals surface area contributed by atoms with Crippen molar-refractivity contribution in [2.75, 3.05) is 13.2 Å². The number of carbonyl (C=O) groups excluding carboxylic acids is 1. The minimum absolute atomic E-state index is 0.0514. The number of aryl methyl sites for hydroxylation is 2. The Labute approximate surface area is 108 Å². The first-order chi connectivity index (χ1) is 8.70. The predicted octanol–water partition coefficient (Wildman–Crippen LogP) is 1.91. The molecule has 1 atom stereocenters. The molecule has 1 amide bonds. The quantitative estimate of drug-likeness (QED) is 0.883. The Hall–Kier alpha value is -1.35. The molecule has 0 unspecified atom stereocenters. The predicted molar refractivity (Wildman–Crippen MR) is 71.3 cm³/mol. The fraction of sp³-hybridized carbons (Fsp3) is 0.533. The fourth-order valence-electron chi connectivity index (χ4n) is 2.50. The molecule has 0 spiro atoms. The van der Waals surface area contributed by atoms with Gasteiger partial charge in [0.05, 0.1) is 12.6 Å². The number of benzene rings is 1. The summed E-state index contributed by atoms with van der Waals surface area (Å²) in [5.41, 5.74) is 2.44. The van der Waals surface area contributed by atoms with Gasteiger partial charge in [-0.2, -0.15) is 0 Å². The molecule has 0 saturated carbocycles. The largest absolute Gasteiger partial charge is 0.394 e. The molecule has 98 valence electrons. The third-order valence-electron chi connectivity index (χ3n) is 3.66. The third-order valence-corrected chi connectivity index (χ3v) is 3.66. The van der Waals surface area contributed by atoms with Gasteiger partial charge in [-0.15, -0.1) is 0 Å². The first-order valence-electron chi connectivity index (χ1n) is 6.66. The molecule has 1 aromatic rings. The molecule has 1 aromatic carbocycles. The van der Waals surface area contributed by atoms with Gasteiger partial charge in [0.1, 0.15) is 0 Å². The standard InChI is InChI=1S/C15H21NO2/c1-12-4-6-13(7-5-12)8-9-15(18)16-10-2-3-14(16)11-17/h4-7,14,17H,2-3,8-11H2,1H3/t14-/m0/s1. The van der Waals surface area contributed by atoms with Crippen LogP contribution in [-0.2, 0) is 11.2 Å². The van der Waals surface area contributed by atoms with Crippen molar-refractivity contribution in [2.45, 2.75) is 38.6 Å². The monoisotopic (exact) mass is 247 g/mol. The maximum atomic E-state index is 12.1. The van der Waals surface area contributed by atoms with Gasteiger partial charge in [-0.25, -0.2) is 0 Å². The molecule has 1 heterocycles.